The number of hydrogen-bond acceptors (Lipinski definition) is 1. The maximum atomic E-state index is 11.9. The Kier molecular flexibility index (Phi) is 8.94. The average Bonchev–Trinajstić information content (AvgIpc) is 3.06. The van der Waals surface area contributed by atoms with E-state index in [1.165, 1.54) is 16.7 Å². The quantitative estimate of drug-likeness (QED) is 0.478. The number of carbonyl (C=O) groups excluding carboxylic acids is 1. The van der Waals surface area contributed by atoms with Crippen LogP contribution < -0.4 is 0 Å². The van der Waals surface area contributed by atoms with Gasteiger partial charge in [-0.3, -0.25) is 0 Å². The molecule has 1 aliphatic carbocycles. The van der Waals surface area contributed by atoms with Crippen LogP contribution in [0.2, 0.25) is 0 Å². The topological polar surface area (TPSA) is 31.2 Å². The Morgan fingerprint density at radius 2 is 1.73 bits per heavy atom. The minimum absolute atomic E-state index is 0.00262. The zero-order valence-corrected chi connectivity index (χ0v) is 18.0. The fraction of sp³-hybridized carbons (Fsp3) is 0.286. The minimum atomic E-state index is -0.556. The van der Waals surface area contributed by atoms with Crippen LogP contribution >= 0.6 is 18.6 Å². The molecular formula is C21H22Cl2NOTi-. The third-order valence-electron chi connectivity index (χ3n) is 4.38. The summed E-state index contributed by atoms with van der Waals surface area (Å²) in [5.41, 5.74) is 4.99. The molecule has 5 heteroatoms. The van der Waals surface area contributed by atoms with Crippen LogP contribution in [0.3, 0.4) is 0 Å². The van der Waals surface area contributed by atoms with Crippen molar-refractivity contribution >= 4 is 30.6 Å². The van der Waals surface area contributed by atoms with Crippen LogP contribution in [0.1, 0.15) is 60.9 Å². The Bertz CT molecular complexity index is 763. The van der Waals surface area contributed by atoms with Crippen molar-refractivity contribution in [3.63, 3.8) is 0 Å². The first-order valence-electron chi connectivity index (χ1n) is 8.68. The molecule has 2 aromatic carbocycles. The van der Waals surface area contributed by atoms with Gasteiger partial charge in [0.2, 0.25) is 0 Å². The second-order valence-corrected chi connectivity index (χ2v) is 8.69. The van der Waals surface area contributed by atoms with Gasteiger partial charge >= 0.3 is 35.6 Å². The van der Waals surface area contributed by atoms with Gasteiger partial charge < -0.3 is 10.1 Å². The van der Waals surface area contributed by atoms with Crippen LogP contribution in [0.15, 0.2) is 54.6 Å². The van der Waals surface area contributed by atoms with Crippen molar-refractivity contribution in [3.05, 3.63) is 82.2 Å². The van der Waals surface area contributed by atoms with E-state index in [1.54, 1.807) is 0 Å². The van der Waals surface area contributed by atoms with Gasteiger partial charge in [0.25, 0.3) is 0 Å². The first-order chi connectivity index (χ1) is 12.6. The monoisotopic (exact) mass is 422 g/mol. The number of benzene rings is 2. The third kappa shape index (κ3) is 5.47. The molecule has 0 N–H and O–H groups in total. The van der Waals surface area contributed by atoms with Crippen LogP contribution in [-0.4, -0.2) is 5.91 Å². The molecule has 26 heavy (non-hydrogen) atoms. The molecule has 0 spiro atoms. The van der Waals surface area contributed by atoms with Gasteiger partial charge in [-0.15, -0.1) is 0 Å². The van der Waals surface area contributed by atoms with Crippen LogP contribution in [0.4, 0.5) is 0 Å². The number of amides is 1. The molecule has 2 aromatic rings. The zero-order valence-electron chi connectivity index (χ0n) is 15.0. The van der Waals surface area contributed by atoms with Gasteiger partial charge in [-0.2, -0.15) is 0 Å². The molecule has 0 fully saturated rings. The van der Waals surface area contributed by atoms with Crippen molar-refractivity contribution in [2.75, 3.05) is 0 Å². The van der Waals surface area contributed by atoms with Crippen molar-refractivity contribution < 1.29 is 21.8 Å². The van der Waals surface area contributed by atoms with Gasteiger partial charge in [-0.1, -0.05) is 92.6 Å². The standard InChI is InChI=1S/C21H23NO.2ClH.Ti/c1-3-8-21(23)22-15(2)17-10-6-7-12-19(17)20-14-13-16-9-4-5-11-18(16)20;;;/h4-7,9-15,20H,3,8H2,1-2H3,(H,22,23);2*1H;/q;;;+2/p-3. The van der Waals surface area contributed by atoms with E-state index in [0.29, 0.717) is 6.42 Å². The molecule has 2 unspecified atom stereocenters. The number of rotatable bonds is 5. The van der Waals surface area contributed by atoms with Crippen molar-refractivity contribution in [2.24, 2.45) is 0 Å². The van der Waals surface area contributed by atoms with Gasteiger partial charge in [0.05, 0.1) is 5.91 Å². The Labute approximate surface area is 172 Å². The summed E-state index contributed by atoms with van der Waals surface area (Å²) in [6, 6.07) is 16.7. The van der Waals surface area contributed by atoms with E-state index < -0.39 is 17.0 Å². The van der Waals surface area contributed by atoms with Crippen molar-refractivity contribution in [2.45, 2.75) is 38.6 Å². The predicted molar refractivity (Wildman–Crippen MR) is 107 cm³/mol. The second-order valence-electron chi connectivity index (χ2n) is 6.11. The van der Waals surface area contributed by atoms with Crippen LogP contribution in [-0.2, 0) is 21.8 Å². The van der Waals surface area contributed by atoms with Crippen LogP contribution in [0, 0.1) is 0 Å². The summed E-state index contributed by atoms with van der Waals surface area (Å²) in [6.45, 7) is 4.02. The van der Waals surface area contributed by atoms with E-state index in [2.05, 4.69) is 59.9 Å². The molecule has 0 saturated heterocycles. The molecule has 1 aliphatic rings. The molecular weight excluding hydrogens is 401 g/mol. The summed E-state index contributed by atoms with van der Waals surface area (Å²) in [5, 5.41) is 4.36. The molecule has 0 bridgehead atoms. The number of hydrogen-bond donors (Lipinski definition) is 0. The number of halogens is 2. The molecule has 0 radical (unpaired) electrons. The van der Waals surface area contributed by atoms with Gasteiger partial charge in [0.1, 0.15) is 0 Å². The maximum absolute atomic E-state index is 11.9. The van der Waals surface area contributed by atoms with Crippen LogP contribution in [0.25, 0.3) is 11.4 Å². The summed E-state index contributed by atoms with van der Waals surface area (Å²) in [7, 11) is 9.78. The van der Waals surface area contributed by atoms with Gasteiger partial charge in [0.15, 0.2) is 0 Å². The fourth-order valence-corrected chi connectivity index (χ4v) is 3.26. The zero-order chi connectivity index (χ0) is 18.9. The summed E-state index contributed by atoms with van der Waals surface area (Å²) >= 11 is -0.556. The molecule has 0 aromatic heterocycles. The molecule has 1 amide bonds. The third-order valence-corrected chi connectivity index (χ3v) is 4.38. The molecule has 2 nitrogen and oxygen atoms in total. The second kappa shape index (κ2) is 10.9. The van der Waals surface area contributed by atoms with Crippen molar-refractivity contribution in [3.8, 4) is 0 Å². The van der Waals surface area contributed by atoms with E-state index in [9.17, 15) is 4.79 Å². The number of nitrogens with zero attached hydrogens (tertiary/aromatic N) is 1. The van der Waals surface area contributed by atoms with Gasteiger partial charge in [0, 0.05) is 5.92 Å². The van der Waals surface area contributed by atoms with E-state index in [-0.39, 0.29) is 17.9 Å². The Morgan fingerprint density at radius 3 is 2.42 bits per heavy atom. The number of allylic oxidation sites excluding steroid dienone is 1. The molecule has 0 saturated carbocycles. The first kappa shape index (κ1) is 21.2. The molecule has 3 rings (SSSR count). The normalized spacial score (nSPS) is 15.5. The fourth-order valence-electron chi connectivity index (χ4n) is 3.26. The Morgan fingerprint density at radius 1 is 1.12 bits per heavy atom. The van der Waals surface area contributed by atoms with Crippen molar-refractivity contribution in [1.29, 1.82) is 0 Å². The summed E-state index contributed by atoms with van der Waals surface area (Å²) in [4.78, 5) is 11.9. The predicted octanol–water partition coefficient (Wildman–Crippen LogP) is 6.98. The van der Waals surface area contributed by atoms with E-state index in [1.807, 2.05) is 19.9 Å². The average molecular weight is 423 g/mol. The summed E-state index contributed by atoms with van der Waals surface area (Å²) < 4.78 is 0. The first-order valence-corrected chi connectivity index (χ1v) is 13.0. The number of fused-ring (bicyclic) bond motifs is 1. The SMILES string of the molecule is CCCC(=O)[N-]C(C)c1ccccc1C1C=Cc2ccccc21.[Cl][Ti][Cl]. The number of carbonyl (C=O) groups is 1. The van der Waals surface area contributed by atoms with E-state index in [4.69, 9.17) is 18.6 Å². The molecule has 136 valence electrons. The molecule has 2 atom stereocenters. The molecule has 0 aliphatic heterocycles. The Hall–Kier alpha value is -1.06. The van der Waals surface area contributed by atoms with Gasteiger partial charge in [-0.25, -0.2) is 0 Å². The Balaban J connectivity index is 0.000000758. The van der Waals surface area contributed by atoms with E-state index in [0.717, 1.165) is 12.0 Å². The summed E-state index contributed by atoms with van der Waals surface area (Å²) in [6.07, 6.45) is 5.79. The van der Waals surface area contributed by atoms with Crippen molar-refractivity contribution in [1.82, 2.24) is 0 Å². The van der Waals surface area contributed by atoms with Crippen LogP contribution in [0.5, 0.6) is 0 Å². The molecule has 0 heterocycles. The van der Waals surface area contributed by atoms with E-state index >= 15 is 0 Å². The summed E-state index contributed by atoms with van der Waals surface area (Å²) in [5.74, 6) is 0.249. The van der Waals surface area contributed by atoms with Gasteiger partial charge in [-0.05, 0) is 23.1 Å².